The molecule has 1 fully saturated rings. The van der Waals surface area contributed by atoms with Crippen LogP contribution >= 0.6 is 0 Å². The van der Waals surface area contributed by atoms with Crippen molar-refractivity contribution in [2.75, 3.05) is 25.1 Å². The number of hydrogen-bond donors (Lipinski definition) is 2. The molecule has 2 aromatic carbocycles. The summed E-state index contributed by atoms with van der Waals surface area (Å²) in [5, 5.41) is 4.92. The van der Waals surface area contributed by atoms with Crippen LogP contribution in [0.3, 0.4) is 0 Å². The average molecular weight is 334 g/mol. The van der Waals surface area contributed by atoms with Crippen LogP contribution in [0.5, 0.6) is 0 Å². The molecular formula is C17H16F2N2O3. The van der Waals surface area contributed by atoms with Crippen molar-refractivity contribution in [3.05, 3.63) is 65.7 Å². The van der Waals surface area contributed by atoms with E-state index in [1.165, 1.54) is 0 Å². The van der Waals surface area contributed by atoms with E-state index in [0.29, 0.717) is 19.3 Å². The molecule has 0 aromatic heterocycles. The minimum Gasteiger partial charge on any atom is -0.342 e. The summed E-state index contributed by atoms with van der Waals surface area (Å²) in [6.45, 7) is 0.862. The van der Waals surface area contributed by atoms with Crippen LogP contribution in [0.4, 0.5) is 19.3 Å². The highest BCUT2D eigenvalue weighted by atomic mass is 19.1. The van der Waals surface area contributed by atoms with Crippen LogP contribution in [0.1, 0.15) is 5.56 Å². The van der Waals surface area contributed by atoms with Crippen molar-refractivity contribution >= 4 is 11.7 Å². The van der Waals surface area contributed by atoms with Gasteiger partial charge in [0, 0.05) is 11.6 Å². The fourth-order valence-corrected chi connectivity index (χ4v) is 2.47. The number of rotatable bonds is 4. The Labute approximate surface area is 137 Å². The molecule has 1 aliphatic heterocycles. The third-order valence-corrected chi connectivity index (χ3v) is 3.63. The van der Waals surface area contributed by atoms with Gasteiger partial charge in [0.15, 0.2) is 0 Å². The van der Waals surface area contributed by atoms with E-state index in [2.05, 4.69) is 10.6 Å². The van der Waals surface area contributed by atoms with Crippen LogP contribution in [-0.2, 0) is 15.3 Å². The van der Waals surface area contributed by atoms with Crippen molar-refractivity contribution in [1.82, 2.24) is 5.32 Å². The highest BCUT2D eigenvalue weighted by Gasteiger charge is 2.38. The van der Waals surface area contributed by atoms with Gasteiger partial charge in [0.2, 0.25) is 5.79 Å². The van der Waals surface area contributed by atoms with Gasteiger partial charge in [0.05, 0.1) is 25.4 Å². The summed E-state index contributed by atoms with van der Waals surface area (Å²) in [5.41, 5.74) is 0.659. The van der Waals surface area contributed by atoms with Gasteiger partial charge in [-0.25, -0.2) is 13.6 Å². The van der Waals surface area contributed by atoms with Crippen LogP contribution in [0.2, 0.25) is 0 Å². The van der Waals surface area contributed by atoms with E-state index in [1.54, 1.807) is 0 Å². The fraction of sp³-hybridized carbons (Fsp3) is 0.235. The molecule has 5 nitrogen and oxygen atoms in total. The highest BCUT2D eigenvalue weighted by Crippen LogP contribution is 2.30. The number of halogens is 2. The molecule has 3 rings (SSSR count). The molecule has 0 radical (unpaired) electrons. The first-order valence-corrected chi connectivity index (χ1v) is 7.42. The van der Waals surface area contributed by atoms with E-state index >= 15 is 0 Å². The molecule has 1 heterocycles. The first-order valence-electron chi connectivity index (χ1n) is 7.42. The van der Waals surface area contributed by atoms with Crippen molar-refractivity contribution in [3.63, 3.8) is 0 Å². The van der Waals surface area contributed by atoms with Gasteiger partial charge in [-0.3, -0.25) is 0 Å². The number of urea groups is 1. The van der Waals surface area contributed by atoms with E-state index in [9.17, 15) is 13.6 Å². The molecular weight excluding hydrogens is 318 g/mol. The molecule has 0 atom stereocenters. The molecule has 2 amide bonds. The zero-order valence-electron chi connectivity index (χ0n) is 12.7. The molecule has 0 aliphatic carbocycles. The van der Waals surface area contributed by atoms with Crippen molar-refractivity contribution in [2.45, 2.75) is 5.79 Å². The van der Waals surface area contributed by atoms with E-state index in [4.69, 9.17) is 9.47 Å². The molecule has 1 aliphatic rings. The second-order valence-corrected chi connectivity index (χ2v) is 5.25. The Morgan fingerprint density at radius 1 is 1.08 bits per heavy atom. The lowest BCUT2D eigenvalue weighted by atomic mass is 10.1. The van der Waals surface area contributed by atoms with Gasteiger partial charge in [-0.1, -0.05) is 30.3 Å². The number of hydrogen-bond acceptors (Lipinski definition) is 3. The Hall–Kier alpha value is -2.51. The molecule has 0 saturated carbocycles. The molecule has 24 heavy (non-hydrogen) atoms. The minimum atomic E-state index is -1.07. The average Bonchev–Trinajstić information content (AvgIpc) is 3.07. The van der Waals surface area contributed by atoms with Gasteiger partial charge in [-0.2, -0.15) is 0 Å². The number of anilines is 1. The second kappa shape index (κ2) is 6.94. The fourth-order valence-electron chi connectivity index (χ4n) is 2.47. The maximum Gasteiger partial charge on any atom is 0.319 e. The van der Waals surface area contributed by atoms with Gasteiger partial charge in [-0.15, -0.1) is 0 Å². The van der Waals surface area contributed by atoms with Gasteiger partial charge < -0.3 is 20.1 Å². The summed E-state index contributed by atoms with van der Waals surface area (Å²) < 4.78 is 37.8. The number of benzene rings is 2. The van der Waals surface area contributed by atoms with Crippen molar-refractivity contribution < 1.29 is 23.0 Å². The Morgan fingerprint density at radius 3 is 2.46 bits per heavy atom. The lowest BCUT2D eigenvalue weighted by Crippen LogP contribution is -2.43. The Morgan fingerprint density at radius 2 is 1.79 bits per heavy atom. The minimum absolute atomic E-state index is 0.0473. The van der Waals surface area contributed by atoms with Gasteiger partial charge in [0.25, 0.3) is 0 Å². The Kier molecular flexibility index (Phi) is 4.73. The summed E-state index contributed by atoms with van der Waals surface area (Å²) in [6.07, 6.45) is 0. The molecule has 0 bridgehead atoms. The Balaban J connectivity index is 1.66. The second-order valence-electron chi connectivity index (χ2n) is 5.25. The predicted molar refractivity (Wildman–Crippen MR) is 83.4 cm³/mol. The number of ether oxygens (including phenoxy) is 2. The molecule has 1 saturated heterocycles. The van der Waals surface area contributed by atoms with Crippen LogP contribution in [0, 0.1) is 11.6 Å². The zero-order chi connectivity index (χ0) is 17.0. The molecule has 2 N–H and O–H groups in total. The standard InChI is InChI=1S/C17H16F2N2O3/c18-13-6-7-15(14(19)10-13)21-16(22)20-11-17(23-8-9-24-17)12-4-2-1-3-5-12/h1-7,10H,8-9,11H2,(H2,20,21,22). The number of carbonyl (C=O) groups excluding carboxylic acids is 1. The summed E-state index contributed by atoms with van der Waals surface area (Å²) in [7, 11) is 0. The molecule has 0 unspecified atom stereocenters. The molecule has 2 aromatic rings. The predicted octanol–water partition coefficient (Wildman–Crippen LogP) is 2.99. The lowest BCUT2D eigenvalue weighted by molar-refractivity contribution is -0.160. The van der Waals surface area contributed by atoms with Crippen molar-refractivity contribution in [3.8, 4) is 0 Å². The monoisotopic (exact) mass is 334 g/mol. The summed E-state index contributed by atoms with van der Waals surface area (Å²) in [6, 6.07) is 11.5. The summed E-state index contributed by atoms with van der Waals surface area (Å²) in [4.78, 5) is 12.0. The third kappa shape index (κ3) is 3.52. The first kappa shape index (κ1) is 16.4. The van der Waals surface area contributed by atoms with Crippen LogP contribution in [0.25, 0.3) is 0 Å². The number of nitrogens with one attached hydrogen (secondary N) is 2. The molecule has 0 spiro atoms. The van der Waals surface area contributed by atoms with Crippen molar-refractivity contribution in [2.24, 2.45) is 0 Å². The molecule has 7 heteroatoms. The maximum absolute atomic E-state index is 13.6. The topological polar surface area (TPSA) is 59.6 Å². The van der Waals surface area contributed by atoms with Gasteiger partial charge in [-0.05, 0) is 12.1 Å². The van der Waals surface area contributed by atoms with Crippen molar-refractivity contribution in [1.29, 1.82) is 0 Å². The SMILES string of the molecule is O=C(NCC1(c2ccccc2)OCCO1)Nc1ccc(F)cc1F. The van der Waals surface area contributed by atoms with Crippen LogP contribution in [0.15, 0.2) is 48.5 Å². The van der Waals surface area contributed by atoms with E-state index < -0.39 is 23.5 Å². The van der Waals surface area contributed by atoms with Gasteiger partial charge >= 0.3 is 6.03 Å². The quantitative estimate of drug-likeness (QED) is 0.904. The third-order valence-electron chi connectivity index (χ3n) is 3.63. The van der Waals surface area contributed by atoms with Crippen LogP contribution < -0.4 is 10.6 Å². The zero-order valence-corrected chi connectivity index (χ0v) is 12.7. The van der Waals surface area contributed by atoms with E-state index in [-0.39, 0.29) is 12.2 Å². The van der Waals surface area contributed by atoms with E-state index in [1.807, 2.05) is 30.3 Å². The normalized spacial score (nSPS) is 15.9. The maximum atomic E-state index is 13.6. The summed E-state index contributed by atoms with van der Waals surface area (Å²) >= 11 is 0. The smallest absolute Gasteiger partial charge is 0.319 e. The number of amides is 2. The first-order chi connectivity index (χ1) is 11.6. The Bertz CT molecular complexity index is 719. The largest absolute Gasteiger partial charge is 0.342 e. The summed E-state index contributed by atoms with van der Waals surface area (Å²) in [5.74, 6) is -2.63. The van der Waals surface area contributed by atoms with Gasteiger partial charge in [0.1, 0.15) is 11.6 Å². The lowest BCUT2D eigenvalue weighted by Gasteiger charge is -2.28. The number of carbonyl (C=O) groups is 1. The highest BCUT2D eigenvalue weighted by molar-refractivity contribution is 5.89. The van der Waals surface area contributed by atoms with E-state index in [0.717, 1.165) is 17.7 Å². The van der Waals surface area contributed by atoms with Crippen LogP contribution in [-0.4, -0.2) is 25.8 Å². The molecule has 126 valence electrons.